The van der Waals surface area contributed by atoms with Crippen LogP contribution in [0, 0.1) is 0 Å². The van der Waals surface area contributed by atoms with Gasteiger partial charge >= 0.3 is 0 Å². The van der Waals surface area contributed by atoms with Crippen LogP contribution in [0.4, 0.5) is 0 Å². The van der Waals surface area contributed by atoms with Crippen LogP contribution in [0.3, 0.4) is 0 Å². The van der Waals surface area contributed by atoms with Gasteiger partial charge in [0.05, 0.1) is 11.7 Å². The Balaban J connectivity index is 2.85. The Morgan fingerprint density at radius 3 is 2.67 bits per heavy atom. The third kappa shape index (κ3) is 2.67. The number of nitrogens with two attached hydrogens (primary N) is 1. The molecular formula is C7H12N4S. The average Bonchev–Trinajstić information content (AvgIpc) is 2.32. The van der Waals surface area contributed by atoms with Gasteiger partial charge in [-0.15, -0.1) is 5.10 Å². The quantitative estimate of drug-likeness (QED) is 0.746. The summed E-state index contributed by atoms with van der Waals surface area (Å²) in [6.45, 7) is 5.78. The summed E-state index contributed by atoms with van der Waals surface area (Å²) in [5.74, 6) is 0.665. The van der Waals surface area contributed by atoms with Crippen molar-refractivity contribution in [1.29, 1.82) is 0 Å². The highest BCUT2D eigenvalue weighted by atomic mass is 32.1. The first-order valence-electron chi connectivity index (χ1n) is 3.63. The minimum absolute atomic E-state index is 0.324. The van der Waals surface area contributed by atoms with E-state index in [-0.39, 0.29) is 5.54 Å². The zero-order chi connectivity index (χ0) is 9.19. The number of allylic oxidation sites excluding steroid dienone is 1. The molecular weight excluding hydrogens is 172 g/mol. The van der Waals surface area contributed by atoms with Gasteiger partial charge in [-0.25, -0.2) is 0 Å². The fourth-order valence-corrected chi connectivity index (χ4v) is 1.31. The molecule has 0 fully saturated rings. The van der Waals surface area contributed by atoms with Gasteiger partial charge in [0.2, 0.25) is 0 Å². The lowest BCUT2D eigenvalue weighted by molar-refractivity contribution is 0.655. The molecule has 1 aromatic heterocycles. The first-order chi connectivity index (χ1) is 5.49. The van der Waals surface area contributed by atoms with Crippen LogP contribution in [0.5, 0.6) is 0 Å². The van der Waals surface area contributed by atoms with Crippen LogP contribution in [0.2, 0.25) is 0 Å². The monoisotopic (exact) mass is 184 g/mol. The van der Waals surface area contributed by atoms with E-state index in [1.807, 2.05) is 26.8 Å². The van der Waals surface area contributed by atoms with E-state index < -0.39 is 0 Å². The van der Waals surface area contributed by atoms with Crippen LogP contribution < -0.4 is 5.73 Å². The van der Waals surface area contributed by atoms with E-state index in [4.69, 9.17) is 5.73 Å². The second-order valence-corrected chi connectivity index (χ2v) is 3.84. The largest absolute Gasteiger partial charge is 0.322 e. The van der Waals surface area contributed by atoms with Gasteiger partial charge in [0, 0.05) is 5.54 Å². The van der Waals surface area contributed by atoms with Gasteiger partial charge in [0.15, 0.2) is 5.82 Å². The highest BCUT2D eigenvalue weighted by Crippen LogP contribution is 2.12. The number of hydrogen-bond acceptors (Lipinski definition) is 5. The molecule has 0 spiro atoms. The molecule has 0 aliphatic rings. The minimum atomic E-state index is -0.324. The van der Waals surface area contributed by atoms with Crippen molar-refractivity contribution in [1.82, 2.24) is 14.0 Å². The highest BCUT2D eigenvalue weighted by Gasteiger charge is 2.09. The molecule has 4 nitrogen and oxygen atoms in total. The van der Waals surface area contributed by atoms with Crippen molar-refractivity contribution in [3.63, 3.8) is 0 Å². The van der Waals surface area contributed by atoms with Crippen LogP contribution in [0.1, 0.15) is 26.6 Å². The molecule has 0 aliphatic heterocycles. The second-order valence-electron chi connectivity index (χ2n) is 3.33. The summed E-state index contributed by atoms with van der Waals surface area (Å²) >= 11 is 1.10. The molecule has 0 aromatic carbocycles. The van der Waals surface area contributed by atoms with Crippen molar-refractivity contribution in [2.24, 2.45) is 5.73 Å². The zero-order valence-corrected chi connectivity index (χ0v) is 8.22. The van der Waals surface area contributed by atoms with E-state index in [0.29, 0.717) is 5.82 Å². The Labute approximate surface area is 75.8 Å². The first-order valence-corrected chi connectivity index (χ1v) is 4.36. The lowest BCUT2D eigenvalue weighted by atomic mass is 10.0. The summed E-state index contributed by atoms with van der Waals surface area (Å²) < 4.78 is 7.67. The van der Waals surface area contributed by atoms with Crippen LogP contribution in [0.25, 0.3) is 5.57 Å². The summed E-state index contributed by atoms with van der Waals surface area (Å²) in [4.78, 5) is 0. The average molecular weight is 184 g/mol. The van der Waals surface area contributed by atoms with Crippen LogP contribution >= 0.6 is 11.7 Å². The van der Waals surface area contributed by atoms with Crippen molar-refractivity contribution < 1.29 is 0 Å². The lowest BCUT2D eigenvalue weighted by Gasteiger charge is -2.12. The predicted molar refractivity (Wildman–Crippen MR) is 49.6 cm³/mol. The molecule has 0 radical (unpaired) electrons. The maximum atomic E-state index is 5.79. The topological polar surface area (TPSA) is 64.7 Å². The van der Waals surface area contributed by atoms with Gasteiger partial charge in [-0.3, -0.25) is 0 Å². The second kappa shape index (κ2) is 3.28. The lowest BCUT2D eigenvalue weighted by Crippen LogP contribution is -2.29. The van der Waals surface area contributed by atoms with E-state index in [2.05, 4.69) is 14.0 Å². The Bertz CT molecular complexity index is 270. The number of rotatable bonds is 2. The summed E-state index contributed by atoms with van der Waals surface area (Å²) in [5.41, 5.74) is 6.44. The molecule has 0 amide bonds. The molecule has 0 atom stereocenters. The Morgan fingerprint density at radius 2 is 2.25 bits per heavy atom. The van der Waals surface area contributed by atoms with Gasteiger partial charge in [-0.05, 0) is 26.3 Å². The number of hydrogen-bond donors (Lipinski definition) is 1. The smallest absolute Gasteiger partial charge is 0.192 e. The Hall–Kier alpha value is -0.810. The summed E-state index contributed by atoms with van der Waals surface area (Å²) in [6.07, 6.45) is 1.93. The molecule has 12 heavy (non-hydrogen) atoms. The summed E-state index contributed by atoms with van der Waals surface area (Å²) in [5, 5.41) is 3.83. The van der Waals surface area contributed by atoms with E-state index in [9.17, 15) is 0 Å². The van der Waals surface area contributed by atoms with Gasteiger partial charge in [-0.1, -0.05) is 10.6 Å². The van der Waals surface area contributed by atoms with Gasteiger partial charge in [-0.2, -0.15) is 4.37 Å². The maximum absolute atomic E-state index is 5.79. The van der Waals surface area contributed by atoms with Gasteiger partial charge < -0.3 is 5.73 Å². The first kappa shape index (κ1) is 9.28. The maximum Gasteiger partial charge on any atom is 0.192 e. The molecule has 5 heteroatoms. The molecule has 0 saturated carbocycles. The summed E-state index contributed by atoms with van der Waals surface area (Å²) in [7, 11) is 0. The SMILES string of the molecule is C/C(=C\C(C)(C)N)c1nnsn1. The third-order valence-corrected chi connectivity index (χ3v) is 1.65. The molecule has 0 aliphatic carbocycles. The third-order valence-electron chi connectivity index (χ3n) is 1.24. The summed E-state index contributed by atoms with van der Waals surface area (Å²) in [6, 6.07) is 0. The van der Waals surface area contributed by atoms with Crippen molar-refractivity contribution >= 4 is 17.3 Å². The molecule has 0 saturated heterocycles. The van der Waals surface area contributed by atoms with E-state index in [0.717, 1.165) is 17.3 Å². The number of aromatic nitrogens is 3. The van der Waals surface area contributed by atoms with Crippen LogP contribution in [-0.4, -0.2) is 19.5 Å². The zero-order valence-electron chi connectivity index (χ0n) is 7.40. The van der Waals surface area contributed by atoms with E-state index in [1.165, 1.54) is 0 Å². The molecule has 1 heterocycles. The Morgan fingerprint density at radius 1 is 1.58 bits per heavy atom. The van der Waals surface area contributed by atoms with E-state index in [1.54, 1.807) is 0 Å². The van der Waals surface area contributed by atoms with Crippen LogP contribution in [0.15, 0.2) is 6.08 Å². The fraction of sp³-hybridized carbons (Fsp3) is 0.571. The predicted octanol–water partition coefficient (Wildman–Crippen LogP) is 1.07. The molecule has 1 rings (SSSR count). The van der Waals surface area contributed by atoms with Crippen molar-refractivity contribution in [3.8, 4) is 0 Å². The van der Waals surface area contributed by atoms with Gasteiger partial charge in [0.1, 0.15) is 0 Å². The Kier molecular flexibility index (Phi) is 2.54. The normalized spacial score (nSPS) is 13.5. The standard InChI is InChI=1S/C7H12N4S/c1-5(4-7(2,3)8)6-9-11-12-10-6/h4H,8H2,1-3H3/b5-4+. The molecule has 2 N–H and O–H groups in total. The fourth-order valence-electron chi connectivity index (χ4n) is 0.906. The van der Waals surface area contributed by atoms with E-state index >= 15 is 0 Å². The van der Waals surface area contributed by atoms with Crippen molar-refractivity contribution in [2.75, 3.05) is 0 Å². The molecule has 0 unspecified atom stereocenters. The molecule has 0 bridgehead atoms. The van der Waals surface area contributed by atoms with Crippen molar-refractivity contribution in [3.05, 3.63) is 11.9 Å². The highest BCUT2D eigenvalue weighted by molar-refractivity contribution is 6.98. The number of nitrogens with zero attached hydrogens (tertiary/aromatic N) is 3. The van der Waals surface area contributed by atoms with Gasteiger partial charge in [0.25, 0.3) is 0 Å². The van der Waals surface area contributed by atoms with Crippen LogP contribution in [-0.2, 0) is 0 Å². The molecule has 66 valence electrons. The molecule has 1 aromatic rings. The van der Waals surface area contributed by atoms with Crippen molar-refractivity contribution in [2.45, 2.75) is 26.3 Å². The minimum Gasteiger partial charge on any atom is -0.322 e.